The maximum Gasteiger partial charge on any atom is 0.134 e. The molecule has 0 bridgehead atoms. The first kappa shape index (κ1) is 14.4. The minimum Gasteiger partial charge on any atom is -0.460 e. The van der Waals surface area contributed by atoms with Gasteiger partial charge in [0.05, 0.1) is 12.6 Å². The fourth-order valence-electron chi connectivity index (χ4n) is 2.93. The van der Waals surface area contributed by atoms with Crippen molar-refractivity contribution in [2.45, 2.75) is 51.3 Å². The zero-order valence-electron chi connectivity index (χ0n) is 12.5. The monoisotopic (exact) mass is 285 g/mol. The van der Waals surface area contributed by atoms with E-state index in [9.17, 15) is 5.11 Å². The molecule has 1 aromatic heterocycles. The Morgan fingerprint density at radius 1 is 1.14 bits per heavy atom. The number of aliphatic hydroxyl groups is 1. The van der Waals surface area contributed by atoms with Crippen molar-refractivity contribution in [2.24, 2.45) is 0 Å². The van der Waals surface area contributed by atoms with Crippen molar-refractivity contribution in [3.63, 3.8) is 0 Å². The first-order chi connectivity index (χ1) is 10.2. The molecule has 1 aromatic carbocycles. The van der Waals surface area contributed by atoms with Gasteiger partial charge >= 0.3 is 0 Å². The van der Waals surface area contributed by atoms with Gasteiger partial charge in [-0.1, -0.05) is 37.1 Å². The summed E-state index contributed by atoms with van der Waals surface area (Å²) in [5.74, 6) is 1.87. The van der Waals surface area contributed by atoms with Gasteiger partial charge in [0.1, 0.15) is 11.5 Å². The molecule has 1 fully saturated rings. The van der Waals surface area contributed by atoms with Gasteiger partial charge in [-0.05, 0) is 37.5 Å². The molecule has 0 amide bonds. The van der Waals surface area contributed by atoms with Crippen LogP contribution in [0.25, 0.3) is 11.3 Å². The van der Waals surface area contributed by atoms with E-state index in [0.29, 0.717) is 6.04 Å². The summed E-state index contributed by atoms with van der Waals surface area (Å²) >= 11 is 0. The SMILES string of the molecule is C[C@@H](O)c1ccc(-c2ccc(CNC3CCCC3)o2)cc1. The summed E-state index contributed by atoms with van der Waals surface area (Å²) in [5, 5.41) is 13.1. The molecule has 0 radical (unpaired) electrons. The molecule has 21 heavy (non-hydrogen) atoms. The van der Waals surface area contributed by atoms with E-state index in [0.717, 1.165) is 29.2 Å². The first-order valence-electron chi connectivity index (χ1n) is 7.83. The Labute approximate surface area is 126 Å². The fourth-order valence-corrected chi connectivity index (χ4v) is 2.93. The van der Waals surface area contributed by atoms with E-state index in [1.807, 2.05) is 36.4 Å². The molecule has 0 saturated heterocycles. The van der Waals surface area contributed by atoms with Crippen LogP contribution in [-0.2, 0) is 6.54 Å². The van der Waals surface area contributed by atoms with Crippen LogP contribution in [0.5, 0.6) is 0 Å². The molecule has 1 aliphatic rings. The molecule has 3 nitrogen and oxygen atoms in total. The normalized spacial score (nSPS) is 17.2. The van der Waals surface area contributed by atoms with E-state index >= 15 is 0 Å². The lowest BCUT2D eigenvalue weighted by atomic mass is 10.1. The van der Waals surface area contributed by atoms with E-state index in [1.165, 1.54) is 25.7 Å². The van der Waals surface area contributed by atoms with E-state index < -0.39 is 6.10 Å². The van der Waals surface area contributed by atoms with Crippen molar-refractivity contribution >= 4 is 0 Å². The number of aliphatic hydroxyl groups excluding tert-OH is 1. The molecule has 1 aliphatic carbocycles. The van der Waals surface area contributed by atoms with Crippen molar-refractivity contribution in [3.05, 3.63) is 47.7 Å². The Morgan fingerprint density at radius 3 is 2.52 bits per heavy atom. The molecule has 1 saturated carbocycles. The molecule has 1 heterocycles. The van der Waals surface area contributed by atoms with Crippen LogP contribution in [0.1, 0.15) is 50.0 Å². The Kier molecular flexibility index (Phi) is 4.42. The summed E-state index contributed by atoms with van der Waals surface area (Å²) < 4.78 is 5.90. The molecule has 2 aromatic rings. The van der Waals surface area contributed by atoms with E-state index in [2.05, 4.69) is 5.32 Å². The number of hydrogen-bond donors (Lipinski definition) is 2. The predicted molar refractivity (Wildman–Crippen MR) is 83.9 cm³/mol. The topological polar surface area (TPSA) is 45.4 Å². The van der Waals surface area contributed by atoms with Gasteiger partial charge in [0, 0.05) is 11.6 Å². The Morgan fingerprint density at radius 2 is 1.86 bits per heavy atom. The van der Waals surface area contributed by atoms with Crippen LogP contribution in [0.4, 0.5) is 0 Å². The maximum atomic E-state index is 9.53. The van der Waals surface area contributed by atoms with Gasteiger partial charge in [-0.3, -0.25) is 0 Å². The van der Waals surface area contributed by atoms with Gasteiger partial charge in [0.25, 0.3) is 0 Å². The molecule has 0 aliphatic heterocycles. The second kappa shape index (κ2) is 6.46. The van der Waals surface area contributed by atoms with Gasteiger partial charge in [0.2, 0.25) is 0 Å². The Bertz CT molecular complexity index is 565. The summed E-state index contributed by atoms with van der Waals surface area (Å²) in [4.78, 5) is 0. The predicted octanol–water partition coefficient (Wildman–Crippen LogP) is 4.03. The van der Waals surface area contributed by atoms with Gasteiger partial charge in [-0.2, -0.15) is 0 Å². The third kappa shape index (κ3) is 3.55. The zero-order chi connectivity index (χ0) is 14.7. The van der Waals surface area contributed by atoms with Crippen molar-refractivity contribution in [1.29, 1.82) is 0 Å². The smallest absolute Gasteiger partial charge is 0.134 e. The third-order valence-corrected chi connectivity index (χ3v) is 4.26. The van der Waals surface area contributed by atoms with Crippen LogP contribution in [0.15, 0.2) is 40.8 Å². The molecule has 1 atom stereocenters. The van der Waals surface area contributed by atoms with E-state index in [4.69, 9.17) is 4.42 Å². The lowest BCUT2D eigenvalue weighted by Crippen LogP contribution is -2.24. The molecule has 3 rings (SSSR count). The number of benzene rings is 1. The highest BCUT2D eigenvalue weighted by Crippen LogP contribution is 2.25. The molecular formula is C18H23NO2. The molecule has 112 valence electrons. The Hall–Kier alpha value is -1.58. The van der Waals surface area contributed by atoms with Crippen molar-refractivity contribution in [2.75, 3.05) is 0 Å². The number of rotatable bonds is 5. The summed E-state index contributed by atoms with van der Waals surface area (Å²) in [6.07, 6.45) is 4.83. The van der Waals surface area contributed by atoms with Gasteiger partial charge < -0.3 is 14.8 Å². The number of hydrogen-bond acceptors (Lipinski definition) is 3. The molecule has 0 spiro atoms. The Balaban J connectivity index is 1.63. The highest BCUT2D eigenvalue weighted by molar-refractivity contribution is 5.58. The van der Waals surface area contributed by atoms with Crippen LogP contribution >= 0.6 is 0 Å². The lowest BCUT2D eigenvalue weighted by Gasteiger charge is -2.09. The van der Waals surface area contributed by atoms with Gasteiger partial charge in [-0.25, -0.2) is 0 Å². The lowest BCUT2D eigenvalue weighted by molar-refractivity contribution is 0.199. The zero-order valence-corrected chi connectivity index (χ0v) is 12.5. The van der Waals surface area contributed by atoms with Crippen molar-refractivity contribution in [1.82, 2.24) is 5.32 Å². The van der Waals surface area contributed by atoms with Crippen LogP contribution in [0, 0.1) is 0 Å². The fraction of sp³-hybridized carbons (Fsp3) is 0.444. The van der Waals surface area contributed by atoms with Crippen molar-refractivity contribution in [3.8, 4) is 11.3 Å². The van der Waals surface area contributed by atoms with Gasteiger partial charge in [0.15, 0.2) is 0 Å². The number of nitrogens with one attached hydrogen (secondary N) is 1. The average Bonchev–Trinajstić information content (AvgIpc) is 3.17. The second-order valence-electron chi connectivity index (χ2n) is 5.93. The van der Waals surface area contributed by atoms with E-state index in [-0.39, 0.29) is 0 Å². The largest absolute Gasteiger partial charge is 0.460 e. The second-order valence-corrected chi connectivity index (χ2v) is 5.93. The van der Waals surface area contributed by atoms with Crippen LogP contribution in [0.2, 0.25) is 0 Å². The quantitative estimate of drug-likeness (QED) is 0.871. The molecule has 3 heteroatoms. The highest BCUT2D eigenvalue weighted by atomic mass is 16.3. The van der Waals surface area contributed by atoms with Crippen LogP contribution in [0.3, 0.4) is 0 Å². The number of furan rings is 1. The third-order valence-electron chi connectivity index (χ3n) is 4.26. The average molecular weight is 285 g/mol. The van der Waals surface area contributed by atoms with Crippen LogP contribution in [-0.4, -0.2) is 11.1 Å². The van der Waals surface area contributed by atoms with Crippen molar-refractivity contribution < 1.29 is 9.52 Å². The summed E-state index contributed by atoms with van der Waals surface area (Å²) in [6.45, 7) is 2.57. The van der Waals surface area contributed by atoms with Gasteiger partial charge in [-0.15, -0.1) is 0 Å². The summed E-state index contributed by atoms with van der Waals surface area (Å²) in [6, 6.07) is 12.6. The summed E-state index contributed by atoms with van der Waals surface area (Å²) in [7, 11) is 0. The standard InChI is InChI=1S/C18H23NO2/c1-13(20)14-6-8-15(9-7-14)18-11-10-17(21-18)12-19-16-4-2-3-5-16/h6-11,13,16,19-20H,2-5,12H2,1H3/t13-/m1/s1. The minimum absolute atomic E-state index is 0.429. The van der Waals surface area contributed by atoms with E-state index in [1.54, 1.807) is 6.92 Å². The minimum atomic E-state index is -0.429. The maximum absolute atomic E-state index is 9.53. The molecular weight excluding hydrogens is 262 g/mol. The molecule has 0 unspecified atom stereocenters. The highest BCUT2D eigenvalue weighted by Gasteiger charge is 2.14. The first-order valence-corrected chi connectivity index (χ1v) is 7.83. The van der Waals surface area contributed by atoms with Crippen LogP contribution < -0.4 is 5.32 Å². The molecule has 2 N–H and O–H groups in total. The summed E-state index contributed by atoms with van der Waals surface area (Å²) in [5.41, 5.74) is 1.97.